The predicted molar refractivity (Wildman–Crippen MR) is 85.2 cm³/mol. The third kappa shape index (κ3) is 3.10. The van der Waals surface area contributed by atoms with Crippen molar-refractivity contribution in [3.63, 3.8) is 0 Å². The Morgan fingerprint density at radius 2 is 1.96 bits per heavy atom. The van der Waals surface area contributed by atoms with Gasteiger partial charge in [-0.25, -0.2) is 4.98 Å². The first-order chi connectivity index (χ1) is 11.9. The molecule has 0 aromatic carbocycles. The first-order valence-corrected chi connectivity index (χ1v) is 8.61. The number of aromatic nitrogens is 1. The van der Waals surface area contributed by atoms with Crippen molar-refractivity contribution in [1.82, 2.24) is 10.3 Å². The molecule has 1 saturated heterocycles. The van der Waals surface area contributed by atoms with Gasteiger partial charge in [-0.05, 0) is 12.3 Å². The van der Waals surface area contributed by atoms with Gasteiger partial charge in [-0.2, -0.15) is 0 Å². The zero-order valence-corrected chi connectivity index (χ0v) is 13.9. The van der Waals surface area contributed by atoms with Crippen LogP contribution >= 0.6 is 11.8 Å². The number of thioether (sulfide) groups is 1. The van der Waals surface area contributed by atoms with Crippen LogP contribution in [0.1, 0.15) is 20.7 Å². The van der Waals surface area contributed by atoms with Crippen LogP contribution in [0.3, 0.4) is 0 Å². The summed E-state index contributed by atoms with van der Waals surface area (Å²) in [6.45, 7) is -0.562. The Morgan fingerprint density at radius 1 is 1.24 bits per heavy atom. The minimum atomic E-state index is -1.54. The van der Waals surface area contributed by atoms with E-state index in [0.717, 1.165) is 0 Å². The lowest BCUT2D eigenvalue weighted by Crippen LogP contribution is -2.60. The maximum atomic E-state index is 11.9. The van der Waals surface area contributed by atoms with E-state index in [0.29, 0.717) is 5.03 Å². The van der Waals surface area contributed by atoms with Crippen molar-refractivity contribution < 1.29 is 34.8 Å². The summed E-state index contributed by atoms with van der Waals surface area (Å²) < 4.78 is 5.34. The van der Waals surface area contributed by atoms with Gasteiger partial charge in [-0.15, -0.1) is 11.8 Å². The van der Waals surface area contributed by atoms with Crippen molar-refractivity contribution in [2.75, 3.05) is 18.2 Å². The third-order valence-corrected chi connectivity index (χ3v) is 4.74. The number of nitrogens with one attached hydrogen (secondary N) is 2. The fraction of sp³-hybridized carbons (Fsp3) is 0.500. The summed E-state index contributed by atoms with van der Waals surface area (Å²) in [6.07, 6.45) is -5.08. The molecule has 1 aromatic rings. The molecule has 2 amide bonds. The number of amides is 2. The number of rotatable bonds is 4. The largest absolute Gasteiger partial charge is 0.394 e. The highest BCUT2D eigenvalue weighted by Gasteiger charge is 2.43. The van der Waals surface area contributed by atoms with Crippen LogP contribution in [-0.2, 0) is 4.74 Å². The van der Waals surface area contributed by atoms with E-state index in [-0.39, 0.29) is 16.9 Å². The molecule has 0 saturated carbocycles. The van der Waals surface area contributed by atoms with Crippen LogP contribution < -0.4 is 10.6 Å². The molecular formula is C14H17N3O7S. The number of ether oxygens (including phenoxy) is 1. The monoisotopic (exact) mass is 371 g/mol. The highest BCUT2D eigenvalue weighted by Crippen LogP contribution is 2.29. The van der Waals surface area contributed by atoms with Crippen molar-refractivity contribution in [1.29, 1.82) is 0 Å². The van der Waals surface area contributed by atoms with Gasteiger partial charge in [-0.3, -0.25) is 14.9 Å². The molecule has 5 atom stereocenters. The fourth-order valence-corrected chi connectivity index (χ4v) is 3.34. The standard InChI is InChI=1S/C14H17N3O7S/c1-25-14-7-4(11(22)17-12(7)23)2-6(16-14)15-13-10(21)9(20)8(19)5(3-18)24-13/h2,5,8-10,13,18-21H,3H2,1H3,(H,15,16)(H,17,22,23)/t5-,8-,9+,10-,13-/m1/s1. The van der Waals surface area contributed by atoms with Crippen molar-refractivity contribution in [3.8, 4) is 0 Å². The number of carbonyl (C=O) groups excluding carboxylic acids is 2. The van der Waals surface area contributed by atoms with Gasteiger partial charge in [0.25, 0.3) is 11.8 Å². The predicted octanol–water partition coefficient (Wildman–Crippen LogP) is -2.10. The second-order valence-electron chi connectivity index (χ2n) is 5.62. The van der Waals surface area contributed by atoms with E-state index in [9.17, 15) is 30.0 Å². The van der Waals surface area contributed by atoms with Crippen molar-refractivity contribution >= 4 is 29.4 Å². The Balaban J connectivity index is 1.89. The number of aliphatic hydroxyl groups is 4. The Labute approximate surface area is 146 Å². The molecule has 2 aliphatic heterocycles. The van der Waals surface area contributed by atoms with E-state index >= 15 is 0 Å². The van der Waals surface area contributed by atoms with Crippen molar-refractivity contribution in [3.05, 3.63) is 17.2 Å². The Kier molecular flexibility index (Phi) is 4.95. The molecule has 0 bridgehead atoms. The molecular weight excluding hydrogens is 354 g/mol. The van der Waals surface area contributed by atoms with E-state index in [1.54, 1.807) is 6.26 Å². The smallest absolute Gasteiger partial charge is 0.261 e. The molecule has 2 aliphatic rings. The minimum Gasteiger partial charge on any atom is -0.394 e. The topological polar surface area (TPSA) is 161 Å². The molecule has 0 aliphatic carbocycles. The zero-order valence-electron chi connectivity index (χ0n) is 13.0. The maximum absolute atomic E-state index is 11.9. The minimum absolute atomic E-state index is 0.136. The van der Waals surface area contributed by atoms with Gasteiger partial charge in [0.15, 0.2) is 6.23 Å². The van der Waals surface area contributed by atoms with Gasteiger partial charge in [-0.1, -0.05) is 0 Å². The number of pyridine rings is 1. The Morgan fingerprint density at radius 3 is 2.60 bits per heavy atom. The summed E-state index contributed by atoms with van der Waals surface area (Å²) in [5.74, 6) is -0.955. The molecule has 3 heterocycles. The van der Waals surface area contributed by atoms with Gasteiger partial charge >= 0.3 is 0 Å². The number of hydrogen-bond acceptors (Lipinski definition) is 10. The summed E-state index contributed by atoms with van der Waals surface area (Å²) in [4.78, 5) is 27.9. The molecule has 1 aromatic heterocycles. The molecule has 0 unspecified atom stereocenters. The molecule has 3 rings (SSSR count). The molecule has 25 heavy (non-hydrogen) atoms. The summed E-state index contributed by atoms with van der Waals surface area (Å²) in [6, 6.07) is 1.33. The van der Waals surface area contributed by atoms with Crippen LogP contribution in [0.15, 0.2) is 11.1 Å². The average molecular weight is 371 g/mol. The number of anilines is 1. The van der Waals surface area contributed by atoms with Gasteiger partial charge in [0, 0.05) is 0 Å². The van der Waals surface area contributed by atoms with Crippen LogP contribution in [0.25, 0.3) is 0 Å². The lowest BCUT2D eigenvalue weighted by atomic mass is 9.98. The van der Waals surface area contributed by atoms with Crippen molar-refractivity contribution in [2.45, 2.75) is 35.7 Å². The molecule has 6 N–H and O–H groups in total. The number of imide groups is 1. The molecule has 1 fully saturated rings. The summed E-state index contributed by atoms with van der Waals surface area (Å²) in [5, 5.41) is 44.1. The van der Waals surface area contributed by atoms with Crippen LogP contribution in [-0.4, -0.2) is 80.7 Å². The van der Waals surface area contributed by atoms with Crippen LogP contribution in [0.4, 0.5) is 5.82 Å². The summed E-state index contributed by atoms with van der Waals surface area (Å²) in [5.41, 5.74) is 0.313. The maximum Gasteiger partial charge on any atom is 0.261 e. The second-order valence-corrected chi connectivity index (χ2v) is 6.41. The number of nitrogens with zero attached hydrogens (tertiary/aromatic N) is 1. The van der Waals surface area contributed by atoms with E-state index in [1.807, 2.05) is 0 Å². The molecule has 0 radical (unpaired) electrons. The summed E-state index contributed by atoms with van der Waals surface area (Å²) >= 11 is 1.17. The van der Waals surface area contributed by atoms with Gasteiger partial charge in [0.05, 0.1) is 17.7 Å². The van der Waals surface area contributed by atoms with E-state index in [2.05, 4.69) is 15.6 Å². The second kappa shape index (κ2) is 6.86. The number of aliphatic hydroxyl groups excluding tert-OH is 4. The molecule has 10 nitrogen and oxygen atoms in total. The lowest BCUT2D eigenvalue weighted by Gasteiger charge is -2.40. The highest BCUT2D eigenvalue weighted by atomic mass is 32.2. The van der Waals surface area contributed by atoms with Crippen LogP contribution in [0, 0.1) is 0 Å². The lowest BCUT2D eigenvalue weighted by molar-refractivity contribution is -0.221. The first-order valence-electron chi connectivity index (χ1n) is 7.39. The Bertz CT molecular complexity index is 714. The van der Waals surface area contributed by atoms with E-state index < -0.39 is 49.1 Å². The fourth-order valence-electron chi connectivity index (χ4n) is 2.74. The average Bonchev–Trinajstić information content (AvgIpc) is 2.89. The quantitative estimate of drug-likeness (QED) is 0.255. The Hall–Kier alpha value is -1.76. The van der Waals surface area contributed by atoms with E-state index in [4.69, 9.17) is 4.74 Å². The van der Waals surface area contributed by atoms with Crippen LogP contribution in [0.2, 0.25) is 0 Å². The SMILES string of the molecule is CSc1nc(N[C@@H]2O[C@H](CO)[C@@H](O)[C@H](O)[C@H]2O)cc2c1C(=O)NC2=O. The first kappa shape index (κ1) is 18.0. The molecule has 136 valence electrons. The van der Waals surface area contributed by atoms with Gasteiger partial charge in [0.1, 0.15) is 35.3 Å². The number of fused-ring (bicyclic) bond motifs is 1. The third-order valence-electron chi connectivity index (χ3n) is 4.06. The van der Waals surface area contributed by atoms with Gasteiger partial charge in [0.2, 0.25) is 0 Å². The highest BCUT2D eigenvalue weighted by molar-refractivity contribution is 7.98. The normalized spacial score (nSPS) is 31.6. The van der Waals surface area contributed by atoms with Gasteiger partial charge < -0.3 is 30.5 Å². The molecule has 11 heteroatoms. The number of hydrogen-bond donors (Lipinski definition) is 6. The van der Waals surface area contributed by atoms with Crippen molar-refractivity contribution in [2.24, 2.45) is 0 Å². The van der Waals surface area contributed by atoms with Crippen LogP contribution in [0.5, 0.6) is 0 Å². The molecule has 0 spiro atoms. The van der Waals surface area contributed by atoms with E-state index in [1.165, 1.54) is 17.8 Å². The summed E-state index contributed by atoms with van der Waals surface area (Å²) in [7, 11) is 0. The zero-order chi connectivity index (χ0) is 18.3. The number of carbonyl (C=O) groups is 2.